The Morgan fingerprint density at radius 2 is 1.95 bits per heavy atom. The average Bonchev–Trinajstić information content (AvgIpc) is 2.77. The van der Waals surface area contributed by atoms with Gasteiger partial charge in [0.2, 0.25) is 0 Å². The van der Waals surface area contributed by atoms with E-state index < -0.39 is 0 Å². The molecule has 1 aromatic rings. The number of nitro benzene ring substituents is 1. The highest BCUT2D eigenvalue weighted by atomic mass is 79.9. The van der Waals surface area contributed by atoms with Crippen molar-refractivity contribution in [1.82, 2.24) is 0 Å². The zero-order valence-electron chi connectivity index (χ0n) is 11.6. The van der Waals surface area contributed by atoms with Crippen molar-refractivity contribution in [3.63, 3.8) is 0 Å². The molecule has 0 N–H and O–H groups in total. The summed E-state index contributed by atoms with van der Waals surface area (Å²) in [4.78, 5) is 14.4. The number of benzene rings is 1. The van der Waals surface area contributed by atoms with Crippen molar-refractivity contribution >= 4 is 12.0 Å². The molecule has 20 heavy (non-hydrogen) atoms. The van der Waals surface area contributed by atoms with Crippen LogP contribution in [0.15, 0.2) is 41.7 Å². The lowest BCUT2D eigenvalue weighted by molar-refractivity contribution is -0.797. The van der Waals surface area contributed by atoms with Gasteiger partial charge in [-0.05, 0) is 12.1 Å². The van der Waals surface area contributed by atoms with Crippen LogP contribution in [-0.2, 0) is 6.54 Å². The molecule has 1 aromatic carbocycles. The van der Waals surface area contributed by atoms with E-state index in [9.17, 15) is 10.1 Å². The van der Waals surface area contributed by atoms with E-state index in [1.54, 1.807) is 12.1 Å². The van der Waals surface area contributed by atoms with Gasteiger partial charge in [0.05, 0.1) is 17.7 Å². The van der Waals surface area contributed by atoms with Crippen molar-refractivity contribution < 1.29 is 26.4 Å². The summed E-state index contributed by atoms with van der Waals surface area (Å²) in [6.45, 7) is 6.10. The minimum absolute atomic E-state index is 0. The Morgan fingerprint density at radius 3 is 2.40 bits per heavy atom. The van der Waals surface area contributed by atoms with Gasteiger partial charge in [0.1, 0.15) is 12.7 Å². The Kier molecular flexibility index (Phi) is 5.59. The summed E-state index contributed by atoms with van der Waals surface area (Å²) in [5.74, 6) is 0.548. The van der Waals surface area contributed by atoms with E-state index in [-0.39, 0.29) is 27.6 Å². The van der Waals surface area contributed by atoms with E-state index in [2.05, 4.69) is 25.0 Å². The minimum Gasteiger partial charge on any atom is -1.00 e. The zero-order chi connectivity index (χ0) is 13.9. The van der Waals surface area contributed by atoms with Crippen LogP contribution in [0.1, 0.15) is 19.4 Å². The summed E-state index contributed by atoms with van der Waals surface area (Å²) in [6, 6.07) is 6.74. The van der Waals surface area contributed by atoms with Gasteiger partial charge >= 0.3 is 0 Å². The molecule has 0 spiro atoms. The summed E-state index contributed by atoms with van der Waals surface area (Å²) in [5.41, 5.74) is 1.20. The van der Waals surface area contributed by atoms with Crippen molar-refractivity contribution in [2.24, 2.45) is 10.9 Å². The van der Waals surface area contributed by atoms with Crippen LogP contribution in [0.3, 0.4) is 0 Å². The topological polar surface area (TPSA) is 55.5 Å². The van der Waals surface area contributed by atoms with E-state index in [1.807, 2.05) is 24.7 Å². The summed E-state index contributed by atoms with van der Waals surface area (Å²) in [7, 11) is 0. The number of rotatable bonds is 5. The lowest BCUT2D eigenvalue weighted by Gasteiger charge is -2.29. The van der Waals surface area contributed by atoms with Gasteiger partial charge in [0, 0.05) is 23.6 Å². The molecule has 0 radical (unpaired) electrons. The number of nitro groups is 1. The second-order valence-corrected chi connectivity index (χ2v) is 5.32. The SMILES string of the molecule is CC(C)C[N+]1(Cc2ccc([N+](=O)[O-])cc2)C=CN=C1.[Br-]. The molecule has 1 aliphatic rings. The number of aliphatic imine (C=N–C) groups is 1. The van der Waals surface area contributed by atoms with Crippen LogP contribution < -0.4 is 17.0 Å². The lowest BCUT2D eigenvalue weighted by Crippen LogP contribution is -3.00. The van der Waals surface area contributed by atoms with Gasteiger partial charge in [0.15, 0.2) is 6.34 Å². The third-order valence-electron chi connectivity index (χ3n) is 3.08. The van der Waals surface area contributed by atoms with Crippen LogP contribution in [0.2, 0.25) is 0 Å². The highest BCUT2D eigenvalue weighted by Gasteiger charge is 2.27. The molecule has 108 valence electrons. The predicted molar refractivity (Wildman–Crippen MR) is 74.4 cm³/mol. The Morgan fingerprint density at radius 1 is 1.30 bits per heavy atom. The van der Waals surface area contributed by atoms with Gasteiger partial charge in [-0.2, -0.15) is 0 Å². The van der Waals surface area contributed by atoms with Crippen LogP contribution in [-0.4, -0.2) is 22.3 Å². The normalized spacial score (nSPS) is 20.1. The van der Waals surface area contributed by atoms with Crippen LogP contribution in [0.25, 0.3) is 0 Å². The summed E-state index contributed by atoms with van der Waals surface area (Å²) < 4.78 is 0.676. The third-order valence-corrected chi connectivity index (χ3v) is 3.08. The fourth-order valence-corrected chi connectivity index (χ4v) is 2.39. The molecule has 1 unspecified atom stereocenters. The predicted octanol–water partition coefficient (Wildman–Crippen LogP) is 0.0847. The van der Waals surface area contributed by atoms with E-state index in [0.717, 1.165) is 18.7 Å². The smallest absolute Gasteiger partial charge is 0.269 e. The van der Waals surface area contributed by atoms with E-state index in [1.165, 1.54) is 0 Å². The summed E-state index contributed by atoms with van der Waals surface area (Å²) >= 11 is 0. The molecular formula is C14H18BrN3O2. The van der Waals surface area contributed by atoms with Crippen LogP contribution >= 0.6 is 0 Å². The maximum Gasteiger partial charge on any atom is 0.269 e. The van der Waals surface area contributed by atoms with Gasteiger partial charge in [-0.25, -0.2) is 9.48 Å². The molecule has 0 aliphatic carbocycles. The number of halogens is 1. The molecule has 1 aliphatic heterocycles. The summed E-state index contributed by atoms with van der Waals surface area (Å²) in [5, 5.41) is 10.6. The zero-order valence-corrected chi connectivity index (χ0v) is 13.2. The van der Waals surface area contributed by atoms with Gasteiger partial charge in [-0.3, -0.25) is 10.1 Å². The van der Waals surface area contributed by atoms with E-state index in [0.29, 0.717) is 10.4 Å². The maximum absolute atomic E-state index is 10.6. The largest absolute Gasteiger partial charge is 1.00 e. The van der Waals surface area contributed by atoms with Crippen molar-refractivity contribution in [1.29, 1.82) is 0 Å². The van der Waals surface area contributed by atoms with Crippen molar-refractivity contribution in [2.75, 3.05) is 6.54 Å². The Balaban J connectivity index is 0.00000200. The molecule has 1 atom stereocenters. The van der Waals surface area contributed by atoms with Crippen LogP contribution in [0.5, 0.6) is 0 Å². The Labute approximate surface area is 129 Å². The van der Waals surface area contributed by atoms with Crippen molar-refractivity contribution in [3.8, 4) is 0 Å². The second kappa shape index (κ2) is 6.76. The first-order valence-electron chi connectivity index (χ1n) is 6.33. The number of hydrogen-bond donors (Lipinski definition) is 0. The fraction of sp³-hybridized carbons (Fsp3) is 0.357. The molecule has 1 heterocycles. The van der Waals surface area contributed by atoms with E-state index >= 15 is 0 Å². The molecular weight excluding hydrogens is 322 g/mol. The van der Waals surface area contributed by atoms with Gasteiger partial charge in [-0.1, -0.05) is 13.8 Å². The Hall–Kier alpha value is -1.53. The molecule has 0 saturated carbocycles. The van der Waals surface area contributed by atoms with Crippen molar-refractivity contribution in [3.05, 3.63) is 52.3 Å². The number of non-ortho nitro benzene ring substituents is 1. The molecule has 0 aromatic heterocycles. The molecule has 2 rings (SSSR count). The molecule has 0 saturated heterocycles. The lowest BCUT2D eigenvalue weighted by atomic mass is 10.1. The van der Waals surface area contributed by atoms with Crippen molar-refractivity contribution in [2.45, 2.75) is 20.4 Å². The van der Waals surface area contributed by atoms with Crippen LogP contribution in [0.4, 0.5) is 5.69 Å². The monoisotopic (exact) mass is 339 g/mol. The quantitative estimate of drug-likeness (QED) is 0.433. The number of nitrogens with zero attached hydrogens (tertiary/aromatic N) is 3. The fourth-order valence-electron chi connectivity index (χ4n) is 2.39. The van der Waals surface area contributed by atoms with Gasteiger partial charge in [0.25, 0.3) is 5.69 Å². The molecule has 5 nitrogen and oxygen atoms in total. The first-order valence-corrected chi connectivity index (χ1v) is 6.33. The van der Waals surface area contributed by atoms with Gasteiger partial charge in [-0.15, -0.1) is 0 Å². The first kappa shape index (κ1) is 16.5. The van der Waals surface area contributed by atoms with Crippen LogP contribution in [0, 0.1) is 16.0 Å². The molecule has 0 amide bonds. The first-order chi connectivity index (χ1) is 9.01. The second-order valence-electron chi connectivity index (χ2n) is 5.32. The van der Waals surface area contributed by atoms with E-state index in [4.69, 9.17) is 0 Å². The third kappa shape index (κ3) is 3.98. The summed E-state index contributed by atoms with van der Waals surface area (Å²) in [6.07, 6.45) is 5.82. The van der Waals surface area contributed by atoms with Gasteiger partial charge < -0.3 is 17.0 Å². The average molecular weight is 340 g/mol. The molecule has 6 heteroatoms. The number of hydrogen-bond acceptors (Lipinski definition) is 3. The minimum atomic E-state index is -0.376. The molecule has 0 bridgehead atoms. The Bertz CT molecular complexity index is 512. The standard InChI is InChI=1S/C14H18N3O2.BrH/c1-12(2)9-17(8-7-15-11-17)10-13-3-5-14(6-4-13)16(18)19;/h3-8,11-12H,9-10H2,1-2H3;1H/q+1;/p-1. The highest BCUT2D eigenvalue weighted by Crippen LogP contribution is 2.21. The molecule has 0 fully saturated rings. The highest BCUT2D eigenvalue weighted by molar-refractivity contribution is 5.51. The maximum atomic E-state index is 10.6. The number of quaternary nitrogens is 1.